The van der Waals surface area contributed by atoms with Gasteiger partial charge in [0.25, 0.3) is 0 Å². The number of guanidine groups is 1. The van der Waals surface area contributed by atoms with Crippen LogP contribution in [0.3, 0.4) is 0 Å². The minimum absolute atomic E-state index is 0.437. The fourth-order valence-electron chi connectivity index (χ4n) is 3.30. The van der Waals surface area contributed by atoms with Crippen molar-refractivity contribution < 1.29 is 0 Å². The Morgan fingerprint density at radius 1 is 1.39 bits per heavy atom. The van der Waals surface area contributed by atoms with E-state index in [1.807, 2.05) is 11.6 Å². The second-order valence-electron chi connectivity index (χ2n) is 6.59. The summed E-state index contributed by atoms with van der Waals surface area (Å²) in [5.41, 5.74) is 0. The van der Waals surface area contributed by atoms with E-state index in [1.54, 1.807) is 6.33 Å². The quantitative estimate of drug-likeness (QED) is 0.599. The van der Waals surface area contributed by atoms with Gasteiger partial charge in [-0.25, -0.2) is 0 Å². The molecule has 0 unspecified atom stereocenters. The molecule has 0 amide bonds. The fourth-order valence-corrected chi connectivity index (χ4v) is 3.30. The molecule has 1 aliphatic carbocycles. The summed E-state index contributed by atoms with van der Waals surface area (Å²) in [6.07, 6.45) is 11.4. The minimum Gasteiger partial charge on any atom is -0.354 e. The van der Waals surface area contributed by atoms with Gasteiger partial charge in [-0.05, 0) is 32.6 Å². The normalized spacial score (nSPS) is 18.0. The van der Waals surface area contributed by atoms with Crippen LogP contribution in [0.1, 0.15) is 64.6 Å². The Hall–Kier alpha value is -1.59. The molecular weight excluding hydrogens is 288 g/mol. The number of rotatable bonds is 7. The van der Waals surface area contributed by atoms with Crippen LogP contribution >= 0.6 is 0 Å². The van der Waals surface area contributed by atoms with Crippen LogP contribution in [0.25, 0.3) is 0 Å². The Kier molecular flexibility index (Phi) is 7.36. The van der Waals surface area contributed by atoms with Gasteiger partial charge in [-0.3, -0.25) is 4.99 Å². The number of nitrogens with one attached hydrogen (secondary N) is 2. The van der Waals surface area contributed by atoms with Gasteiger partial charge in [-0.2, -0.15) is 0 Å². The molecule has 2 N–H and O–H groups in total. The lowest BCUT2D eigenvalue weighted by molar-refractivity contribution is 0.322. The molecule has 1 aliphatic rings. The van der Waals surface area contributed by atoms with Crippen LogP contribution in [0.2, 0.25) is 0 Å². The van der Waals surface area contributed by atoms with Crippen molar-refractivity contribution in [1.82, 2.24) is 25.4 Å². The Bertz CT molecular complexity index is 475. The number of aliphatic imine (C=N–C) groups is 1. The van der Waals surface area contributed by atoms with Crippen LogP contribution in [0.5, 0.6) is 0 Å². The second kappa shape index (κ2) is 9.53. The van der Waals surface area contributed by atoms with Crippen LogP contribution in [0, 0.1) is 5.92 Å². The third-order valence-corrected chi connectivity index (χ3v) is 4.79. The van der Waals surface area contributed by atoms with Crippen LogP contribution in [0.15, 0.2) is 11.3 Å². The van der Waals surface area contributed by atoms with Crippen molar-refractivity contribution in [3.63, 3.8) is 0 Å². The molecule has 0 saturated heterocycles. The van der Waals surface area contributed by atoms with Gasteiger partial charge < -0.3 is 15.2 Å². The molecule has 1 aromatic heterocycles. The first-order valence-corrected chi connectivity index (χ1v) is 9.06. The van der Waals surface area contributed by atoms with E-state index in [0.717, 1.165) is 24.2 Å². The highest BCUT2D eigenvalue weighted by atomic mass is 15.3. The van der Waals surface area contributed by atoms with E-state index in [2.05, 4.69) is 39.7 Å². The number of aromatic nitrogens is 3. The van der Waals surface area contributed by atoms with Gasteiger partial charge in [-0.1, -0.05) is 32.1 Å². The lowest BCUT2D eigenvalue weighted by atomic mass is 9.85. The molecule has 0 bridgehead atoms. The van der Waals surface area contributed by atoms with Crippen molar-refractivity contribution in [3.8, 4) is 0 Å². The maximum absolute atomic E-state index is 4.31. The van der Waals surface area contributed by atoms with E-state index in [4.69, 9.17) is 0 Å². The molecule has 0 aromatic carbocycles. The number of nitrogens with zero attached hydrogens (tertiary/aromatic N) is 4. The number of hydrogen-bond acceptors (Lipinski definition) is 3. The van der Waals surface area contributed by atoms with E-state index in [1.165, 1.54) is 44.9 Å². The third kappa shape index (κ3) is 5.84. The first-order chi connectivity index (χ1) is 11.2. The van der Waals surface area contributed by atoms with Crippen molar-refractivity contribution in [1.29, 1.82) is 0 Å². The van der Waals surface area contributed by atoms with Gasteiger partial charge >= 0.3 is 0 Å². The molecule has 1 heterocycles. The van der Waals surface area contributed by atoms with Crippen LogP contribution in [-0.4, -0.2) is 33.8 Å². The summed E-state index contributed by atoms with van der Waals surface area (Å²) in [5, 5.41) is 14.9. The van der Waals surface area contributed by atoms with E-state index in [9.17, 15) is 0 Å². The van der Waals surface area contributed by atoms with E-state index in [0.29, 0.717) is 12.6 Å². The maximum atomic E-state index is 4.31. The van der Waals surface area contributed by atoms with Crippen molar-refractivity contribution in [2.24, 2.45) is 10.9 Å². The van der Waals surface area contributed by atoms with Crippen molar-refractivity contribution in [2.75, 3.05) is 7.05 Å². The summed E-state index contributed by atoms with van der Waals surface area (Å²) in [4.78, 5) is 4.31. The number of hydrogen-bond donors (Lipinski definition) is 2. The third-order valence-electron chi connectivity index (χ3n) is 4.79. The van der Waals surface area contributed by atoms with Crippen molar-refractivity contribution in [3.05, 3.63) is 12.2 Å². The predicted molar refractivity (Wildman–Crippen MR) is 94.3 cm³/mol. The molecule has 6 heteroatoms. The molecule has 1 saturated carbocycles. The molecule has 0 spiro atoms. The van der Waals surface area contributed by atoms with Gasteiger partial charge in [0.1, 0.15) is 6.33 Å². The van der Waals surface area contributed by atoms with Gasteiger partial charge in [0.15, 0.2) is 11.8 Å². The number of aryl methyl sites for hydroxylation is 1. The highest BCUT2D eigenvalue weighted by molar-refractivity contribution is 5.79. The van der Waals surface area contributed by atoms with E-state index >= 15 is 0 Å². The highest BCUT2D eigenvalue weighted by Gasteiger charge is 2.15. The SMILES string of the molecule is CCn1cnnc1CNC(=NC)N[C@@H](C)CCC1CCCCC1. The Morgan fingerprint density at radius 2 is 2.17 bits per heavy atom. The maximum Gasteiger partial charge on any atom is 0.191 e. The summed E-state index contributed by atoms with van der Waals surface area (Å²) in [5.74, 6) is 2.71. The highest BCUT2D eigenvalue weighted by Crippen LogP contribution is 2.27. The standard InChI is InChI=1S/C17H32N6/c1-4-23-13-20-22-16(23)12-19-17(18-3)21-14(2)10-11-15-8-6-5-7-9-15/h13-15H,4-12H2,1-3H3,(H2,18,19,21)/t14-/m0/s1. The van der Waals surface area contributed by atoms with Crippen LogP contribution < -0.4 is 10.6 Å². The molecule has 0 radical (unpaired) electrons. The Labute approximate surface area is 140 Å². The second-order valence-corrected chi connectivity index (χ2v) is 6.59. The lowest BCUT2D eigenvalue weighted by Crippen LogP contribution is -2.42. The van der Waals surface area contributed by atoms with Crippen molar-refractivity contribution >= 4 is 5.96 Å². The smallest absolute Gasteiger partial charge is 0.191 e. The van der Waals surface area contributed by atoms with Crippen LogP contribution in [-0.2, 0) is 13.1 Å². The Balaban J connectivity index is 1.71. The molecule has 2 rings (SSSR count). The monoisotopic (exact) mass is 320 g/mol. The topological polar surface area (TPSA) is 67.1 Å². The summed E-state index contributed by atoms with van der Waals surface area (Å²) < 4.78 is 2.03. The van der Waals surface area contributed by atoms with E-state index < -0.39 is 0 Å². The van der Waals surface area contributed by atoms with Gasteiger partial charge in [0.2, 0.25) is 0 Å². The molecule has 1 atom stereocenters. The van der Waals surface area contributed by atoms with Gasteiger partial charge in [0, 0.05) is 19.6 Å². The molecule has 6 nitrogen and oxygen atoms in total. The predicted octanol–water partition coefficient (Wildman–Crippen LogP) is 2.71. The molecule has 1 fully saturated rings. The summed E-state index contributed by atoms with van der Waals surface area (Å²) in [6.45, 7) is 5.86. The average Bonchev–Trinajstić information content (AvgIpc) is 3.05. The summed E-state index contributed by atoms with van der Waals surface area (Å²) >= 11 is 0. The lowest BCUT2D eigenvalue weighted by Gasteiger charge is -2.24. The first-order valence-electron chi connectivity index (χ1n) is 9.06. The largest absolute Gasteiger partial charge is 0.354 e. The molecule has 130 valence electrons. The Morgan fingerprint density at radius 3 is 2.87 bits per heavy atom. The van der Waals surface area contributed by atoms with Crippen LogP contribution in [0.4, 0.5) is 0 Å². The van der Waals surface area contributed by atoms with E-state index in [-0.39, 0.29) is 0 Å². The minimum atomic E-state index is 0.437. The molecule has 0 aliphatic heterocycles. The van der Waals surface area contributed by atoms with Gasteiger partial charge in [0.05, 0.1) is 6.54 Å². The molecule has 23 heavy (non-hydrogen) atoms. The average molecular weight is 320 g/mol. The van der Waals surface area contributed by atoms with Gasteiger partial charge in [-0.15, -0.1) is 10.2 Å². The summed E-state index contributed by atoms with van der Waals surface area (Å²) in [6, 6.07) is 0.437. The summed E-state index contributed by atoms with van der Waals surface area (Å²) in [7, 11) is 1.81. The molecular formula is C17H32N6. The first kappa shape index (κ1) is 17.8. The zero-order valence-electron chi connectivity index (χ0n) is 14.9. The zero-order valence-corrected chi connectivity index (χ0v) is 14.9. The zero-order chi connectivity index (χ0) is 16.5. The fraction of sp³-hybridized carbons (Fsp3) is 0.824. The molecule has 1 aromatic rings. The van der Waals surface area contributed by atoms with Crippen molar-refractivity contribution in [2.45, 2.75) is 77.9 Å².